The van der Waals surface area contributed by atoms with Crippen molar-refractivity contribution in [3.63, 3.8) is 0 Å². The Kier molecular flexibility index (Phi) is 6.49. The van der Waals surface area contributed by atoms with Crippen molar-refractivity contribution < 1.29 is 14.6 Å². The zero-order chi connectivity index (χ0) is 15.3. The van der Waals surface area contributed by atoms with Gasteiger partial charge in [0.25, 0.3) is 5.91 Å². The highest BCUT2D eigenvalue weighted by molar-refractivity contribution is 9.10. The highest BCUT2D eigenvalue weighted by atomic mass is 79.9. The van der Waals surface area contributed by atoms with E-state index in [0.717, 1.165) is 4.47 Å². The number of rotatable bonds is 6. The van der Waals surface area contributed by atoms with Crippen LogP contribution in [0.25, 0.3) is 0 Å². The van der Waals surface area contributed by atoms with Crippen LogP contribution in [-0.4, -0.2) is 35.1 Å². The predicted molar refractivity (Wildman–Crippen MR) is 82.8 cm³/mol. The summed E-state index contributed by atoms with van der Waals surface area (Å²) >= 11 is 3.36. The first-order valence-corrected chi connectivity index (χ1v) is 7.62. The zero-order valence-corrected chi connectivity index (χ0v) is 14.0. The molecule has 0 radical (unpaired) electrons. The molecule has 0 saturated heterocycles. The van der Waals surface area contributed by atoms with Crippen molar-refractivity contribution in [2.45, 2.75) is 39.9 Å². The number of hydrogen-bond donors (Lipinski definition) is 1. The van der Waals surface area contributed by atoms with Crippen LogP contribution < -0.4 is 4.74 Å². The topological polar surface area (TPSA) is 49.8 Å². The van der Waals surface area contributed by atoms with Gasteiger partial charge in [-0.3, -0.25) is 4.79 Å². The van der Waals surface area contributed by atoms with Gasteiger partial charge in [0.1, 0.15) is 5.75 Å². The van der Waals surface area contributed by atoms with Gasteiger partial charge in [0, 0.05) is 23.1 Å². The van der Waals surface area contributed by atoms with Crippen LogP contribution in [-0.2, 0) is 4.79 Å². The number of carbonyl (C=O) groups is 1. The lowest BCUT2D eigenvalue weighted by atomic mass is 10.1. The van der Waals surface area contributed by atoms with E-state index in [0.29, 0.717) is 24.4 Å². The predicted octanol–water partition coefficient (Wildman–Crippen LogP) is 3.14. The number of likely N-dealkylation sites (N-methyl/N-ethyl adjacent to an activating group) is 1. The molecule has 112 valence electrons. The van der Waals surface area contributed by atoms with Crippen molar-refractivity contribution >= 4 is 21.8 Å². The van der Waals surface area contributed by atoms with E-state index < -0.39 is 12.2 Å². The quantitative estimate of drug-likeness (QED) is 0.863. The molecule has 1 aromatic carbocycles. The van der Waals surface area contributed by atoms with Gasteiger partial charge in [-0.15, -0.1) is 0 Å². The number of amides is 1. The summed E-state index contributed by atoms with van der Waals surface area (Å²) in [5.41, 5.74) is 0.665. The van der Waals surface area contributed by atoms with Gasteiger partial charge >= 0.3 is 0 Å². The molecule has 1 amide bonds. The molecule has 0 heterocycles. The van der Waals surface area contributed by atoms with Crippen molar-refractivity contribution in [3.05, 3.63) is 28.2 Å². The van der Waals surface area contributed by atoms with Crippen LogP contribution in [0.2, 0.25) is 0 Å². The molecule has 0 saturated carbocycles. The van der Waals surface area contributed by atoms with E-state index in [1.54, 1.807) is 30.9 Å². The SMILES string of the molecule is CCN(CC)C(=O)C(C)Oc1ccc(Br)cc1C(C)O. The molecule has 4 nitrogen and oxygen atoms in total. The van der Waals surface area contributed by atoms with Gasteiger partial charge in [0.15, 0.2) is 6.10 Å². The molecule has 0 aliphatic rings. The first kappa shape index (κ1) is 17.0. The summed E-state index contributed by atoms with van der Waals surface area (Å²) in [5, 5.41) is 9.79. The molecular weight excluding hydrogens is 322 g/mol. The van der Waals surface area contributed by atoms with E-state index >= 15 is 0 Å². The Morgan fingerprint density at radius 2 is 1.95 bits per heavy atom. The summed E-state index contributed by atoms with van der Waals surface area (Å²) in [4.78, 5) is 13.9. The van der Waals surface area contributed by atoms with E-state index in [1.165, 1.54) is 0 Å². The lowest BCUT2D eigenvalue weighted by Crippen LogP contribution is -2.40. The number of aliphatic hydroxyl groups is 1. The first-order chi connectivity index (χ1) is 9.40. The van der Waals surface area contributed by atoms with Gasteiger partial charge in [-0.1, -0.05) is 15.9 Å². The molecule has 2 unspecified atom stereocenters. The summed E-state index contributed by atoms with van der Waals surface area (Å²) in [6.45, 7) is 8.60. The molecule has 1 rings (SSSR count). The van der Waals surface area contributed by atoms with Crippen molar-refractivity contribution in [2.75, 3.05) is 13.1 Å². The number of aliphatic hydroxyl groups excluding tert-OH is 1. The molecule has 0 bridgehead atoms. The van der Waals surface area contributed by atoms with Crippen molar-refractivity contribution in [3.8, 4) is 5.75 Å². The van der Waals surface area contributed by atoms with E-state index in [-0.39, 0.29) is 5.91 Å². The van der Waals surface area contributed by atoms with Gasteiger partial charge in [0.05, 0.1) is 6.10 Å². The van der Waals surface area contributed by atoms with Crippen LogP contribution in [0.5, 0.6) is 5.75 Å². The fraction of sp³-hybridized carbons (Fsp3) is 0.533. The minimum Gasteiger partial charge on any atom is -0.481 e. The number of benzene rings is 1. The molecule has 0 aliphatic heterocycles. The summed E-state index contributed by atoms with van der Waals surface area (Å²) < 4.78 is 6.60. The highest BCUT2D eigenvalue weighted by Crippen LogP contribution is 2.29. The Bertz CT molecular complexity index is 458. The average molecular weight is 344 g/mol. The average Bonchev–Trinajstić information content (AvgIpc) is 2.41. The van der Waals surface area contributed by atoms with Crippen LogP contribution in [0.3, 0.4) is 0 Å². The van der Waals surface area contributed by atoms with E-state index in [1.807, 2.05) is 19.9 Å². The van der Waals surface area contributed by atoms with Crippen molar-refractivity contribution in [2.24, 2.45) is 0 Å². The Morgan fingerprint density at radius 1 is 1.35 bits per heavy atom. The lowest BCUT2D eigenvalue weighted by Gasteiger charge is -2.24. The highest BCUT2D eigenvalue weighted by Gasteiger charge is 2.21. The van der Waals surface area contributed by atoms with Crippen LogP contribution in [0.15, 0.2) is 22.7 Å². The zero-order valence-electron chi connectivity index (χ0n) is 12.4. The maximum Gasteiger partial charge on any atom is 0.263 e. The molecule has 0 fully saturated rings. The van der Waals surface area contributed by atoms with Crippen molar-refractivity contribution in [1.82, 2.24) is 4.90 Å². The first-order valence-electron chi connectivity index (χ1n) is 6.83. The van der Waals surface area contributed by atoms with E-state index in [4.69, 9.17) is 4.74 Å². The third kappa shape index (κ3) is 4.21. The van der Waals surface area contributed by atoms with Crippen LogP contribution in [0.1, 0.15) is 39.4 Å². The fourth-order valence-corrected chi connectivity index (χ4v) is 2.37. The normalized spacial score (nSPS) is 13.7. The van der Waals surface area contributed by atoms with Crippen LogP contribution >= 0.6 is 15.9 Å². The Morgan fingerprint density at radius 3 is 2.45 bits per heavy atom. The molecule has 0 spiro atoms. The molecule has 0 aliphatic carbocycles. The second-order valence-electron chi connectivity index (χ2n) is 4.63. The van der Waals surface area contributed by atoms with Gasteiger partial charge in [-0.2, -0.15) is 0 Å². The third-order valence-electron chi connectivity index (χ3n) is 3.15. The second-order valence-corrected chi connectivity index (χ2v) is 5.54. The molecular formula is C15H22BrNO3. The minimum atomic E-state index is -0.654. The summed E-state index contributed by atoms with van der Waals surface area (Å²) in [6.07, 6.45) is -1.23. The molecule has 0 aromatic heterocycles. The fourth-order valence-electron chi connectivity index (χ4n) is 1.99. The van der Waals surface area contributed by atoms with Gasteiger partial charge < -0.3 is 14.7 Å². The third-order valence-corrected chi connectivity index (χ3v) is 3.64. The number of hydrogen-bond acceptors (Lipinski definition) is 3. The summed E-state index contributed by atoms with van der Waals surface area (Å²) in [6, 6.07) is 5.39. The molecule has 5 heteroatoms. The van der Waals surface area contributed by atoms with Crippen molar-refractivity contribution in [1.29, 1.82) is 0 Å². The number of nitrogens with zero attached hydrogens (tertiary/aromatic N) is 1. The maximum absolute atomic E-state index is 12.2. The Hall–Kier alpha value is -1.07. The Labute approximate surface area is 128 Å². The lowest BCUT2D eigenvalue weighted by molar-refractivity contribution is -0.137. The summed E-state index contributed by atoms with van der Waals surface area (Å²) in [7, 11) is 0. The minimum absolute atomic E-state index is 0.0468. The standard InChI is InChI=1S/C15H22BrNO3/c1-5-17(6-2)15(19)11(4)20-14-8-7-12(16)9-13(14)10(3)18/h7-11,18H,5-6H2,1-4H3. The molecule has 1 aromatic rings. The maximum atomic E-state index is 12.2. The molecule has 1 N–H and O–H groups in total. The van der Waals surface area contributed by atoms with Gasteiger partial charge in [-0.05, 0) is 45.9 Å². The van der Waals surface area contributed by atoms with Gasteiger partial charge in [-0.25, -0.2) is 0 Å². The van der Waals surface area contributed by atoms with Gasteiger partial charge in [0.2, 0.25) is 0 Å². The number of ether oxygens (including phenoxy) is 1. The molecule has 2 atom stereocenters. The van der Waals surface area contributed by atoms with Crippen LogP contribution in [0.4, 0.5) is 0 Å². The van der Waals surface area contributed by atoms with E-state index in [2.05, 4.69) is 15.9 Å². The number of halogens is 1. The second kappa shape index (κ2) is 7.64. The van der Waals surface area contributed by atoms with Crippen LogP contribution in [0, 0.1) is 0 Å². The largest absolute Gasteiger partial charge is 0.481 e. The Balaban J connectivity index is 2.90. The monoisotopic (exact) mass is 343 g/mol. The summed E-state index contributed by atoms with van der Waals surface area (Å²) in [5.74, 6) is 0.491. The molecule has 20 heavy (non-hydrogen) atoms. The number of carbonyl (C=O) groups excluding carboxylic acids is 1. The smallest absolute Gasteiger partial charge is 0.263 e. The van der Waals surface area contributed by atoms with E-state index in [9.17, 15) is 9.90 Å².